The molecular weight excluding hydrogens is 414 g/mol. The van der Waals surface area contributed by atoms with Gasteiger partial charge in [-0.3, -0.25) is 4.79 Å². The molecule has 2 heterocycles. The summed E-state index contributed by atoms with van der Waals surface area (Å²) in [6, 6.07) is 7.05. The number of alkyl halides is 1. The van der Waals surface area contributed by atoms with Crippen molar-refractivity contribution in [2.24, 2.45) is 0 Å². The van der Waals surface area contributed by atoms with Crippen LogP contribution < -0.4 is 15.1 Å². The lowest BCUT2D eigenvalue weighted by atomic mass is 9.98. The molecule has 1 aliphatic heterocycles. The fourth-order valence-corrected chi connectivity index (χ4v) is 4.52. The van der Waals surface area contributed by atoms with Gasteiger partial charge in [-0.1, -0.05) is 0 Å². The molecule has 3 aromatic rings. The van der Waals surface area contributed by atoms with Crippen LogP contribution in [0.25, 0.3) is 10.9 Å². The number of methoxy groups -OCH3 is 1. The first kappa shape index (κ1) is 22.3. The molecule has 1 fully saturated rings. The monoisotopic (exact) mass is 442 g/mol. The van der Waals surface area contributed by atoms with Crippen LogP contribution in [0.15, 0.2) is 35.3 Å². The number of ether oxygens (including phenoxy) is 1. The van der Waals surface area contributed by atoms with Gasteiger partial charge >= 0.3 is 0 Å². The van der Waals surface area contributed by atoms with Crippen LogP contribution in [0.1, 0.15) is 28.7 Å². The molecule has 1 aromatic heterocycles. The number of halogens is 2. The van der Waals surface area contributed by atoms with Crippen LogP contribution >= 0.6 is 0 Å². The van der Waals surface area contributed by atoms with Crippen molar-refractivity contribution < 1.29 is 18.6 Å². The fourth-order valence-electron chi connectivity index (χ4n) is 4.52. The number of pyridine rings is 1. The number of hydrogen-bond donors (Lipinski definition) is 1. The molecule has 1 saturated heterocycles. The second kappa shape index (κ2) is 8.90. The zero-order valence-electron chi connectivity index (χ0n) is 18.6. The molecule has 1 unspecified atom stereocenters. The molecule has 1 atom stereocenters. The minimum atomic E-state index is -0.867. The molecule has 0 radical (unpaired) electrons. The van der Waals surface area contributed by atoms with Gasteiger partial charge in [-0.15, -0.1) is 0 Å². The standard InChI is InChI=1S/C25H28F2N2O3/c1-15-8-20(28-5-4-19(26)14-28)10-18(24(15)27)9-17-11-21-22(12-23(17)32-3)29(6-7-30)13-16(2)25(21)31/h8,10-13,19,30H,4-7,9,14H2,1-3H3. The fraction of sp³-hybridized carbons (Fsp3) is 0.400. The van der Waals surface area contributed by atoms with Crippen molar-refractivity contribution in [2.75, 3.05) is 31.7 Å². The Labute approximate surface area is 185 Å². The summed E-state index contributed by atoms with van der Waals surface area (Å²) in [5.41, 5.74) is 3.60. The Hall–Kier alpha value is -2.93. The maximum absolute atomic E-state index is 15.1. The topological polar surface area (TPSA) is 54.7 Å². The van der Waals surface area contributed by atoms with Crippen molar-refractivity contribution in [3.63, 3.8) is 0 Å². The van der Waals surface area contributed by atoms with E-state index in [4.69, 9.17) is 4.74 Å². The van der Waals surface area contributed by atoms with E-state index in [0.717, 1.165) is 5.69 Å². The summed E-state index contributed by atoms with van der Waals surface area (Å²) < 4.78 is 36.2. The SMILES string of the molecule is COc1cc2c(cc1Cc1cc(N3CCC(F)C3)cc(C)c1F)c(=O)c(C)cn2CCO. The number of hydrogen-bond acceptors (Lipinski definition) is 4. The lowest BCUT2D eigenvalue weighted by Crippen LogP contribution is -2.20. The molecule has 4 rings (SSSR count). The summed E-state index contributed by atoms with van der Waals surface area (Å²) in [5, 5.41) is 9.91. The average molecular weight is 443 g/mol. The van der Waals surface area contributed by atoms with Crippen LogP contribution in [0.4, 0.5) is 14.5 Å². The van der Waals surface area contributed by atoms with E-state index in [2.05, 4.69) is 0 Å². The molecule has 170 valence electrons. The molecule has 0 spiro atoms. The molecule has 32 heavy (non-hydrogen) atoms. The van der Waals surface area contributed by atoms with E-state index >= 15 is 4.39 Å². The van der Waals surface area contributed by atoms with Crippen molar-refractivity contribution in [1.29, 1.82) is 0 Å². The maximum Gasteiger partial charge on any atom is 0.192 e. The Morgan fingerprint density at radius 3 is 2.59 bits per heavy atom. The third kappa shape index (κ3) is 4.09. The smallest absolute Gasteiger partial charge is 0.192 e. The van der Waals surface area contributed by atoms with Gasteiger partial charge in [0, 0.05) is 55.0 Å². The van der Waals surface area contributed by atoms with E-state index in [-0.39, 0.29) is 24.3 Å². The van der Waals surface area contributed by atoms with Gasteiger partial charge in [0.25, 0.3) is 0 Å². The second-order valence-electron chi connectivity index (χ2n) is 8.48. The molecule has 0 saturated carbocycles. The molecule has 7 heteroatoms. The highest BCUT2D eigenvalue weighted by Gasteiger charge is 2.23. The first-order valence-corrected chi connectivity index (χ1v) is 10.8. The summed E-state index contributed by atoms with van der Waals surface area (Å²) in [7, 11) is 1.54. The number of fused-ring (bicyclic) bond motifs is 1. The molecule has 5 nitrogen and oxygen atoms in total. The maximum atomic E-state index is 15.1. The summed E-state index contributed by atoms with van der Waals surface area (Å²) >= 11 is 0. The van der Waals surface area contributed by atoms with Gasteiger partial charge < -0.3 is 19.3 Å². The van der Waals surface area contributed by atoms with Gasteiger partial charge in [-0.05, 0) is 55.2 Å². The average Bonchev–Trinajstić information content (AvgIpc) is 3.21. The largest absolute Gasteiger partial charge is 0.496 e. The Kier molecular flexibility index (Phi) is 6.20. The first-order valence-electron chi connectivity index (χ1n) is 10.8. The molecular formula is C25H28F2N2O3. The molecule has 0 amide bonds. The number of aliphatic hydroxyl groups excluding tert-OH is 1. The van der Waals surface area contributed by atoms with Crippen LogP contribution in [-0.4, -0.2) is 42.7 Å². The lowest BCUT2D eigenvalue weighted by molar-refractivity contribution is 0.277. The summed E-state index contributed by atoms with van der Waals surface area (Å²) in [6.45, 7) is 4.65. The number of aryl methyl sites for hydroxylation is 2. The van der Waals surface area contributed by atoms with Gasteiger partial charge in [0.1, 0.15) is 17.7 Å². The van der Waals surface area contributed by atoms with Gasteiger partial charge in [-0.2, -0.15) is 0 Å². The van der Waals surface area contributed by atoms with Gasteiger partial charge in [0.15, 0.2) is 5.43 Å². The highest BCUT2D eigenvalue weighted by atomic mass is 19.1. The van der Waals surface area contributed by atoms with Crippen LogP contribution in [0.5, 0.6) is 5.75 Å². The van der Waals surface area contributed by atoms with Crippen LogP contribution in [0, 0.1) is 19.7 Å². The van der Waals surface area contributed by atoms with Crippen LogP contribution in [0.2, 0.25) is 0 Å². The van der Waals surface area contributed by atoms with Gasteiger partial charge in [-0.25, -0.2) is 8.78 Å². The molecule has 1 aliphatic rings. The third-order valence-corrected chi connectivity index (χ3v) is 6.19. The van der Waals surface area contributed by atoms with E-state index in [1.54, 1.807) is 44.3 Å². The van der Waals surface area contributed by atoms with Crippen molar-refractivity contribution in [2.45, 2.75) is 39.4 Å². The van der Waals surface area contributed by atoms with Crippen LogP contribution in [-0.2, 0) is 13.0 Å². The highest BCUT2D eigenvalue weighted by Crippen LogP contribution is 2.31. The van der Waals surface area contributed by atoms with E-state index in [1.807, 2.05) is 9.47 Å². The number of aliphatic hydroxyl groups is 1. The number of benzene rings is 2. The summed E-state index contributed by atoms with van der Waals surface area (Å²) in [5.74, 6) is 0.230. The van der Waals surface area contributed by atoms with E-state index in [1.165, 1.54) is 7.11 Å². The van der Waals surface area contributed by atoms with Crippen molar-refractivity contribution in [1.82, 2.24) is 4.57 Å². The molecule has 0 bridgehead atoms. The van der Waals surface area contributed by atoms with Crippen molar-refractivity contribution >= 4 is 16.6 Å². The second-order valence-corrected chi connectivity index (χ2v) is 8.48. The van der Waals surface area contributed by atoms with E-state index in [9.17, 15) is 14.3 Å². The number of rotatable bonds is 6. The Balaban J connectivity index is 1.81. The molecule has 1 N–H and O–H groups in total. The minimum absolute atomic E-state index is 0.0605. The predicted octanol–water partition coefficient (Wildman–Crippen LogP) is 3.90. The first-order chi connectivity index (χ1) is 15.3. The van der Waals surface area contributed by atoms with Crippen molar-refractivity contribution in [3.8, 4) is 5.75 Å². The third-order valence-electron chi connectivity index (χ3n) is 6.19. The lowest BCUT2D eigenvalue weighted by Gasteiger charge is -2.21. The van der Waals surface area contributed by atoms with E-state index < -0.39 is 6.17 Å². The van der Waals surface area contributed by atoms with Crippen molar-refractivity contribution in [3.05, 3.63) is 68.8 Å². The normalized spacial score (nSPS) is 16.2. The van der Waals surface area contributed by atoms with E-state index in [0.29, 0.717) is 65.0 Å². The Bertz CT molecular complexity index is 1220. The number of aromatic nitrogens is 1. The molecule has 0 aliphatic carbocycles. The Morgan fingerprint density at radius 1 is 1.16 bits per heavy atom. The summed E-state index contributed by atoms with van der Waals surface area (Å²) in [4.78, 5) is 14.8. The van der Waals surface area contributed by atoms with Gasteiger partial charge in [0.05, 0.1) is 19.2 Å². The molecule has 2 aromatic carbocycles. The minimum Gasteiger partial charge on any atom is -0.496 e. The zero-order valence-corrected chi connectivity index (χ0v) is 18.6. The Morgan fingerprint density at radius 2 is 1.94 bits per heavy atom. The number of anilines is 1. The number of nitrogens with zero attached hydrogens (tertiary/aromatic N) is 2. The quantitative estimate of drug-likeness (QED) is 0.629. The summed E-state index contributed by atoms with van der Waals surface area (Å²) in [6.07, 6.45) is 1.57. The zero-order chi connectivity index (χ0) is 23.0. The van der Waals surface area contributed by atoms with Gasteiger partial charge in [0.2, 0.25) is 0 Å². The van der Waals surface area contributed by atoms with Crippen LogP contribution in [0.3, 0.4) is 0 Å². The predicted molar refractivity (Wildman–Crippen MR) is 122 cm³/mol. The highest BCUT2D eigenvalue weighted by molar-refractivity contribution is 5.82.